The molecule has 2 saturated heterocycles. The van der Waals surface area contributed by atoms with Crippen molar-refractivity contribution in [1.29, 1.82) is 5.26 Å². The summed E-state index contributed by atoms with van der Waals surface area (Å²) in [6, 6.07) is 13.7. The molecule has 248 valence electrons. The number of halogens is 2. The van der Waals surface area contributed by atoms with Gasteiger partial charge in [-0.1, -0.05) is 59.6 Å². The first kappa shape index (κ1) is 33.6. The van der Waals surface area contributed by atoms with E-state index in [-0.39, 0.29) is 11.9 Å². The van der Waals surface area contributed by atoms with E-state index < -0.39 is 12.0 Å². The molecule has 11 nitrogen and oxygen atoms in total. The number of hydrogen-bond donors (Lipinski definition) is 2. The normalized spacial score (nSPS) is 19.2. The number of aliphatic hydroxyl groups excluding tert-OH is 1. The third kappa shape index (κ3) is 7.08. The number of carbonyl (C=O) groups is 1. The Hall–Kier alpha value is -4.34. The molecule has 0 radical (unpaired) electrons. The van der Waals surface area contributed by atoms with Gasteiger partial charge in [0.2, 0.25) is 17.7 Å². The third-order valence-corrected chi connectivity index (χ3v) is 9.62. The number of rotatable bonds is 11. The average Bonchev–Trinajstić information content (AvgIpc) is 3.68. The summed E-state index contributed by atoms with van der Waals surface area (Å²) < 4.78 is 11.2. The Bertz CT molecular complexity index is 1870. The van der Waals surface area contributed by atoms with Crippen LogP contribution in [0.2, 0.25) is 10.0 Å². The molecular formula is C35H35Cl2N7O4. The van der Waals surface area contributed by atoms with Gasteiger partial charge in [0.1, 0.15) is 11.4 Å². The quantitative estimate of drug-likeness (QED) is 0.207. The molecular weight excluding hydrogens is 653 g/mol. The second kappa shape index (κ2) is 14.8. The number of benzene rings is 2. The van der Waals surface area contributed by atoms with Gasteiger partial charge < -0.3 is 19.9 Å². The maximum atomic E-state index is 11.5. The van der Waals surface area contributed by atoms with Gasteiger partial charge in [-0.25, -0.2) is 9.97 Å². The predicted molar refractivity (Wildman–Crippen MR) is 182 cm³/mol. The first-order chi connectivity index (χ1) is 23.3. The van der Waals surface area contributed by atoms with Gasteiger partial charge in [-0.3, -0.25) is 19.7 Å². The highest BCUT2D eigenvalue weighted by Gasteiger charge is 2.32. The van der Waals surface area contributed by atoms with Crippen molar-refractivity contribution in [3.8, 4) is 51.5 Å². The summed E-state index contributed by atoms with van der Waals surface area (Å²) in [5.74, 6) is 0.452. The monoisotopic (exact) mass is 687 g/mol. The highest BCUT2D eigenvalue weighted by Crippen LogP contribution is 2.42. The highest BCUT2D eigenvalue weighted by atomic mass is 35.5. The number of β-amino-alcohol motifs (C(OH)–C–C–N with tert-alkyl or cyclic N) is 1. The number of nitrogens with one attached hydrogen (secondary N) is 1. The summed E-state index contributed by atoms with van der Waals surface area (Å²) >= 11 is 14.1. The van der Waals surface area contributed by atoms with E-state index >= 15 is 0 Å². The number of aromatic nitrogens is 4. The fourth-order valence-corrected chi connectivity index (χ4v) is 6.93. The summed E-state index contributed by atoms with van der Waals surface area (Å²) in [6.45, 7) is 1.21. The van der Waals surface area contributed by atoms with Gasteiger partial charge in [0.25, 0.3) is 0 Å². The van der Waals surface area contributed by atoms with E-state index in [1.165, 1.54) is 7.11 Å². The van der Waals surface area contributed by atoms with Crippen LogP contribution >= 0.6 is 23.2 Å². The van der Waals surface area contributed by atoms with Crippen LogP contribution in [0.1, 0.15) is 37.1 Å². The molecule has 2 fully saturated rings. The number of nitriles is 1. The van der Waals surface area contributed by atoms with Gasteiger partial charge in [-0.15, -0.1) is 0 Å². The number of carbonyl (C=O) groups excluding carboxylic acids is 1. The molecule has 2 aliphatic rings. The molecule has 0 unspecified atom stereocenters. The van der Waals surface area contributed by atoms with E-state index in [2.05, 4.69) is 21.4 Å². The van der Waals surface area contributed by atoms with Gasteiger partial charge in [-0.05, 0) is 25.7 Å². The zero-order valence-corrected chi connectivity index (χ0v) is 28.1. The Morgan fingerprint density at radius 3 is 2.06 bits per heavy atom. The van der Waals surface area contributed by atoms with Crippen LogP contribution in [0.25, 0.3) is 33.6 Å². The van der Waals surface area contributed by atoms with Gasteiger partial charge in [0, 0.05) is 54.4 Å². The molecule has 0 spiro atoms. The van der Waals surface area contributed by atoms with Crippen molar-refractivity contribution in [2.75, 3.05) is 27.3 Å². The zero-order valence-electron chi connectivity index (χ0n) is 26.6. The summed E-state index contributed by atoms with van der Waals surface area (Å²) in [6.07, 6.45) is 6.51. The van der Waals surface area contributed by atoms with Crippen LogP contribution in [0.5, 0.6) is 11.8 Å². The van der Waals surface area contributed by atoms with Crippen LogP contribution in [0.3, 0.4) is 0 Å². The molecule has 4 aromatic rings. The van der Waals surface area contributed by atoms with E-state index in [1.54, 1.807) is 19.5 Å². The summed E-state index contributed by atoms with van der Waals surface area (Å²) in [4.78, 5) is 32.2. The number of hydrogen-bond acceptors (Lipinski definition) is 10. The lowest BCUT2D eigenvalue weighted by atomic mass is 9.98. The molecule has 0 saturated carbocycles. The van der Waals surface area contributed by atoms with Crippen molar-refractivity contribution < 1.29 is 19.4 Å². The van der Waals surface area contributed by atoms with Crippen LogP contribution in [0.15, 0.2) is 48.8 Å². The number of ether oxygens (including phenoxy) is 2. The second-order valence-electron chi connectivity index (χ2n) is 11.9. The fourth-order valence-electron chi connectivity index (χ4n) is 6.28. The number of nitrogens with zero attached hydrogens (tertiary/aromatic N) is 6. The van der Waals surface area contributed by atoms with Crippen LogP contribution < -0.4 is 14.8 Å². The predicted octanol–water partition coefficient (Wildman–Crippen LogP) is 5.51. The smallest absolute Gasteiger partial charge is 0.237 e. The standard InChI is InChI=1S/C35H35Cl2N7O4/c1-47-34-26(11-3-6-21-12-13-31(46)41-21)39-15-27(42-34)24-9-4-7-22(32(24)36)23-8-5-10-25(33(23)37)28-16-40-29(35(43-28)48-2)18-44-17-20(14-38)30(45)19-44/h4-5,7-10,15-16,20-21,30,45H,3,6,11-13,17-19H2,1-2H3,(H,41,46)/t20-,21+,30-/m0/s1. The fraction of sp³-hybridized carbons (Fsp3) is 0.371. The first-order valence-electron chi connectivity index (χ1n) is 15.8. The molecule has 13 heteroatoms. The molecule has 3 atom stereocenters. The van der Waals surface area contributed by atoms with Crippen LogP contribution in [0, 0.1) is 17.2 Å². The van der Waals surface area contributed by atoms with Crippen LogP contribution in [-0.4, -0.2) is 75.3 Å². The number of likely N-dealkylation sites (tertiary alicyclic amines) is 1. The molecule has 4 heterocycles. The Kier molecular flexibility index (Phi) is 10.4. The number of aryl methyl sites for hydroxylation is 1. The van der Waals surface area contributed by atoms with Crippen molar-refractivity contribution in [1.82, 2.24) is 30.2 Å². The minimum atomic E-state index is -0.697. The van der Waals surface area contributed by atoms with E-state index in [4.69, 9.17) is 42.6 Å². The van der Waals surface area contributed by atoms with Gasteiger partial charge in [0.05, 0.1) is 66.1 Å². The zero-order chi connectivity index (χ0) is 33.8. The Morgan fingerprint density at radius 1 is 0.938 bits per heavy atom. The Morgan fingerprint density at radius 2 is 1.52 bits per heavy atom. The topological polar surface area (TPSA) is 146 Å². The van der Waals surface area contributed by atoms with Gasteiger partial charge >= 0.3 is 0 Å². The van der Waals surface area contributed by atoms with Crippen molar-refractivity contribution >= 4 is 29.1 Å². The van der Waals surface area contributed by atoms with E-state index in [1.807, 2.05) is 41.3 Å². The van der Waals surface area contributed by atoms with Gasteiger partial charge in [0.15, 0.2) is 0 Å². The summed E-state index contributed by atoms with van der Waals surface area (Å²) in [5, 5.41) is 23.3. The molecule has 6 rings (SSSR count). The minimum Gasteiger partial charge on any atom is -0.480 e. The molecule has 0 bridgehead atoms. The minimum absolute atomic E-state index is 0.115. The highest BCUT2D eigenvalue weighted by molar-refractivity contribution is 6.39. The van der Waals surface area contributed by atoms with Crippen molar-refractivity contribution in [3.63, 3.8) is 0 Å². The van der Waals surface area contributed by atoms with E-state index in [9.17, 15) is 15.2 Å². The number of methoxy groups -OCH3 is 2. The maximum Gasteiger partial charge on any atom is 0.237 e. The molecule has 2 aliphatic heterocycles. The SMILES string of the molecule is COc1nc(-c2cccc(-c3cccc(-c4cnc(CN5C[C@H](O)[C@@H](C#N)C5)c(OC)n4)c3Cl)c2Cl)cnc1CCC[C@@H]1CCC(=O)N1. The van der Waals surface area contributed by atoms with Crippen molar-refractivity contribution in [2.24, 2.45) is 5.92 Å². The lowest BCUT2D eigenvalue weighted by Gasteiger charge is -2.17. The molecule has 2 aromatic carbocycles. The van der Waals surface area contributed by atoms with Crippen molar-refractivity contribution in [3.05, 3.63) is 70.2 Å². The second-order valence-corrected chi connectivity index (χ2v) is 12.7. The number of aliphatic hydroxyl groups is 1. The van der Waals surface area contributed by atoms with E-state index in [0.29, 0.717) is 93.6 Å². The van der Waals surface area contributed by atoms with Crippen LogP contribution in [-0.2, 0) is 17.8 Å². The van der Waals surface area contributed by atoms with E-state index in [0.717, 1.165) is 25.0 Å². The van der Waals surface area contributed by atoms with Crippen molar-refractivity contribution in [2.45, 2.75) is 50.8 Å². The lowest BCUT2D eigenvalue weighted by molar-refractivity contribution is -0.119. The molecule has 48 heavy (non-hydrogen) atoms. The number of amides is 1. The largest absolute Gasteiger partial charge is 0.480 e. The molecule has 2 aromatic heterocycles. The average molecular weight is 689 g/mol. The summed E-state index contributed by atoms with van der Waals surface area (Å²) in [5.41, 5.74) is 5.18. The first-order valence-corrected chi connectivity index (χ1v) is 16.5. The Balaban J connectivity index is 1.23. The third-order valence-electron chi connectivity index (χ3n) is 8.80. The molecule has 2 N–H and O–H groups in total. The van der Waals surface area contributed by atoms with Crippen LogP contribution in [0.4, 0.5) is 0 Å². The maximum absolute atomic E-state index is 11.5. The Labute approximate surface area is 288 Å². The lowest BCUT2D eigenvalue weighted by Crippen LogP contribution is -2.25. The molecule has 1 amide bonds. The van der Waals surface area contributed by atoms with Gasteiger partial charge in [-0.2, -0.15) is 5.26 Å². The summed E-state index contributed by atoms with van der Waals surface area (Å²) in [7, 11) is 3.10. The molecule has 0 aliphatic carbocycles.